The molecular formula is C6H9NO. The van der Waals surface area contributed by atoms with Crippen molar-refractivity contribution in [1.29, 1.82) is 5.26 Å². The van der Waals surface area contributed by atoms with Crippen LogP contribution in [0.1, 0.15) is 13.3 Å². The van der Waals surface area contributed by atoms with Gasteiger partial charge in [-0.05, 0) is 13.3 Å². The predicted octanol–water partition coefficient (Wildman–Crippen LogP) is 0.528. The van der Waals surface area contributed by atoms with Gasteiger partial charge in [-0.25, -0.2) is 0 Å². The Hall–Kier alpha value is -0.550. The minimum absolute atomic E-state index is 0.171. The van der Waals surface area contributed by atoms with Crippen molar-refractivity contribution >= 4 is 0 Å². The zero-order valence-electron chi connectivity index (χ0n) is 4.89. The second-order valence-electron chi connectivity index (χ2n) is 2.61. The van der Waals surface area contributed by atoms with Gasteiger partial charge in [0.15, 0.2) is 0 Å². The minimum Gasteiger partial charge on any atom is -0.396 e. The maximum absolute atomic E-state index is 8.52. The summed E-state index contributed by atoms with van der Waals surface area (Å²) in [6, 6.07) is 2.16. The SMILES string of the molecule is C[C@]1(C#N)C[C@@H]1CO. The van der Waals surface area contributed by atoms with Gasteiger partial charge >= 0.3 is 0 Å². The van der Waals surface area contributed by atoms with Crippen molar-refractivity contribution in [2.75, 3.05) is 6.61 Å². The molecule has 0 spiro atoms. The molecule has 1 N–H and O–H groups in total. The number of aliphatic hydroxyl groups is 1. The molecule has 2 heteroatoms. The van der Waals surface area contributed by atoms with Crippen molar-refractivity contribution in [3.63, 3.8) is 0 Å². The van der Waals surface area contributed by atoms with Crippen LogP contribution in [0.25, 0.3) is 0 Å². The van der Waals surface area contributed by atoms with Crippen LogP contribution in [0.15, 0.2) is 0 Å². The molecule has 2 nitrogen and oxygen atoms in total. The first-order valence-corrected chi connectivity index (χ1v) is 2.75. The summed E-state index contributed by atoms with van der Waals surface area (Å²) in [5.41, 5.74) is -0.186. The molecular weight excluding hydrogens is 102 g/mol. The fraction of sp³-hybridized carbons (Fsp3) is 0.833. The van der Waals surface area contributed by atoms with E-state index in [0.29, 0.717) is 0 Å². The van der Waals surface area contributed by atoms with Crippen molar-refractivity contribution < 1.29 is 5.11 Å². The Morgan fingerprint density at radius 1 is 2.00 bits per heavy atom. The van der Waals surface area contributed by atoms with E-state index in [1.807, 2.05) is 6.92 Å². The molecule has 0 amide bonds. The number of aliphatic hydroxyl groups excluding tert-OH is 1. The van der Waals surface area contributed by atoms with Gasteiger partial charge in [-0.1, -0.05) is 0 Å². The van der Waals surface area contributed by atoms with E-state index in [0.717, 1.165) is 6.42 Å². The van der Waals surface area contributed by atoms with E-state index in [1.165, 1.54) is 0 Å². The lowest BCUT2D eigenvalue weighted by molar-refractivity contribution is 0.263. The molecule has 1 aliphatic rings. The Balaban J connectivity index is 2.46. The quantitative estimate of drug-likeness (QED) is 0.536. The molecule has 1 rings (SSSR count). The molecule has 0 aromatic heterocycles. The van der Waals surface area contributed by atoms with Gasteiger partial charge in [0.1, 0.15) is 0 Å². The van der Waals surface area contributed by atoms with Crippen LogP contribution in [0.5, 0.6) is 0 Å². The Bertz CT molecular complexity index is 138. The molecule has 0 radical (unpaired) electrons. The van der Waals surface area contributed by atoms with Gasteiger partial charge < -0.3 is 5.11 Å². The van der Waals surface area contributed by atoms with Crippen LogP contribution in [0, 0.1) is 22.7 Å². The molecule has 1 aliphatic carbocycles. The molecule has 1 saturated carbocycles. The molecule has 0 heterocycles. The lowest BCUT2D eigenvalue weighted by Crippen LogP contribution is -1.96. The molecule has 8 heavy (non-hydrogen) atoms. The average molecular weight is 111 g/mol. The van der Waals surface area contributed by atoms with Crippen LogP contribution in [0.3, 0.4) is 0 Å². The first-order chi connectivity index (χ1) is 3.73. The van der Waals surface area contributed by atoms with Crippen molar-refractivity contribution in [3.05, 3.63) is 0 Å². The normalized spacial score (nSPS) is 43.4. The molecule has 0 unspecified atom stereocenters. The number of rotatable bonds is 1. The van der Waals surface area contributed by atoms with E-state index in [-0.39, 0.29) is 17.9 Å². The van der Waals surface area contributed by atoms with Gasteiger partial charge in [0.05, 0.1) is 11.5 Å². The first kappa shape index (κ1) is 5.58. The number of hydrogen-bond donors (Lipinski definition) is 1. The van der Waals surface area contributed by atoms with Crippen LogP contribution >= 0.6 is 0 Å². The Morgan fingerprint density at radius 2 is 2.62 bits per heavy atom. The average Bonchev–Trinajstić information content (AvgIpc) is 2.44. The Morgan fingerprint density at radius 3 is 2.75 bits per heavy atom. The van der Waals surface area contributed by atoms with Gasteiger partial charge in [0.2, 0.25) is 0 Å². The summed E-state index contributed by atoms with van der Waals surface area (Å²) in [4.78, 5) is 0. The van der Waals surface area contributed by atoms with E-state index in [2.05, 4.69) is 6.07 Å². The molecule has 1 fully saturated rings. The summed E-state index contributed by atoms with van der Waals surface area (Å²) in [6.45, 7) is 2.05. The zero-order valence-corrected chi connectivity index (χ0v) is 4.89. The molecule has 0 bridgehead atoms. The van der Waals surface area contributed by atoms with Gasteiger partial charge in [-0.3, -0.25) is 0 Å². The molecule has 44 valence electrons. The lowest BCUT2D eigenvalue weighted by atomic mass is 10.1. The number of nitrogens with zero attached hydrogens (tertiary/aromatic N) is 1. The van der Waals surface area contributed by atoms with Crippen molar-refractivity contribution in [2.24, 2.45) is 11.3 Å². The summed E-state index contributed by atoms with van der Waals surface area (Å²) in [6.07, 6.45) is 0.875. The zero-order chi connectivity index (χ0) is 6.20. The highest BCUT2D eigenvalue weighted by molar-refractivity contribution is 5.12. The second kappa shape index (κ2) is 1.46. The fourth-order valence-electron chi connectivity index (χ4n) is 0.856. The van der Waals surface area contributed by atoms with E-state index in [1.54, 1.807) is 0 Å². The molecule has 0 saturated heterocycles. The van der Waals surface area contributed by atoms with E-state index < -0.39 is 0 Å². The lowest BCUT2D eigenvalue weighted by Gasteiger charge is -1.92. The minimum atomic E-state index is -0.186. The summed E-state index contributed by atoms with van der Waals surface area (Å²) in [7, 11) is 0. The summed E-state index contributed by atoms with van der Waals surface area (Å²) in [5.74, 6) is 0.257. The third kappa shape index (κ3) is 0.597. The molecule has 0 aromatic carbocycles. The van der Waals surface area contributed by atoms with Crippen molar-refractivity contribution in [2.45, 2.75) is 13.3 Å². The summed E-state index contributed by atoms with van der Waals surface area (Å²) < 4.78 is 0. The largest absolute Gasteiger partial charge is 0.396 e. The predicted molar refractivity (Wildman–Crippen MR) is 28.9 cm³/mol. The first-order valence-electron chi connectivity index (χ1n) is 2.75. The molecule has 0 aliphatic heterocycles. The third-order valence-corrected chi connectivity index (χ3v) is 1.89. The second-order valence-corrected chi connectivity index (χ2v) is 2.61. The summed E-state index contributed by atoms with van der Waals surface area (Å²) >= 11 is 0. The van der Waals surface area contributed by atoms with Crippen LogP contribution in [0.4, 0.5) is 0 Å². The van der Waals surface area contributed by atoms with E-state index in [9.17, 15) is 0 Å². The molecule has 2 atom stereocenters. The number of hydrogen-bond acceptors (Lipinski definition) is 2. The highest BCUT2D eigenvalue weighted by Gasteiger charge is 2.49. The summed E-state index contributed by atoms with van der Waals surface area (Å²) in [5, 5.41) is 16.9. The van der Waals surface area contributed by atoms with Crippen LogP contribution in [-0.4, -0.2) is 11.7 Å². The topological polar surface area (TPSA) is 44.0 Å². The molecule has 0 aromatic rings. The fourth-order valence-corrected chi connectivity index (χ4v) is 0.856. The van der Waals surface area contributed by atoms with Gasteiger partial charge in [-0.15, -0.1) is 0 Å². The van der Waals surface area contributed by atoms with Gasteiger partial charge in [-0.2, -0.15) is 5.26 Å². The number of nitriles is 1. The third-order valence-electron chi connectivity index (χ3n) is 1.89. The van der Waals surface area contributed by atoms with Crippen LogP contribution < -0.4 is 0 Å². The van der Waals surface area contributed by atoms with Gasteiger partial charge in [0, 0.05) is 12.5 Å². The Kier molecular flexibility index (Phi) is 1.02. The highest BCUT2D eigenvalue weighted by Crippen LogP contribution is 2.50. The van der Waals surface area contributed by atoms with Gasteiger partial charge in [0.25, 0.3) is 0 Å². The maximum atomic E-state index is 8.52. The maximum Gasteiger partial charge on any atom is 0.0690 e. The van der Waals surface area contributed by atoms with E-state index in [4.69, 9.17) is 10.4 Å². The standard InChI is InChI=1S/C6H9NO/c1-6(4-7)2-5(6)3-8/h5,8H,2-3H2,1H3/t5-,6-/m1/s1. The monoisotopic (exact) mass is 111 g/mol. The van der Waals surface area contributed by atoms with E-state index >= 15 is 0 Å². The smallest absolute Gasteiger partial charge is 0.0690 e. The Labute approximate surface area is 48.7 Å². The van der Waals surface area contributed by atoms with Crippen molar-refractivity contribution in [1.82, 2.24) is 0 Å². The highest BCUT2D eigenvalue weighted by atomic mass is 16.3. The van der Waals surface area contributed by atoms with Crippen molar-refractivity contribution in [3.8, 4) is 6.07 Å². The van der Waals surface area contributed by atoms with Crippen LogP contribution in [0.2, 0.25) is 0 Å². The van der Waals surface area contributed by atoms with Crippen LogP contribution in [-0.2, 0) is 0 Å².